The van der Waals surface area contributed by atoms with Gasteiger partial charge in [-0.05, 0) is 70.6 Å². The van der Waals surface area contributed by atoms with Crippen molar-refractivity contribution in [3.05, 3.63) is 70.3 Å². The molecular formula is C38H48N6O12. The van der Waals surface area contributed by atoms with Crippen LogP contribution in [0.3, 0.4) is 0 Å². The Balaban J connectivity index is 1.40. The molecule has 302 valence electrons. The van der Waals surface area contributed by atoms with E-state index < -0.39 is 88.5 Å². The minimum absolute atomic E-state index is 0.0574. The van der Waals surface area contributed by atoms with Gasteiger partial charge in [-0.3, -0.25) is 39.0 Å². The molecule has 0 radical (unpaired) electrons. The molecule has 0 bridgehead atoms. The largest absolute Gasteiger partial charge is 0.445 e. The number of likely N-dealkylation sites (tertiary alicyclic amines) is 1. The SMILES string of the molecule is COC1CC(=O)C(C(=O)[C@H]2CCCN2C(=O)[C@H](C)NC(=O)[C@@H](N)CCCCNC(=O)OCc2ccccc2)(N(C(=O)Oc2ccc([N+](=O)[O-])cc2)C(C)C)C1=O. The monoisotopic (exact) mass is 780 g/mol. The van der Waals surface area contributed by atoms with E-state index in [1.54, 1.807) is 0 Å². The number of amides is 4. The smallest absolute Gasteiger partial charge is 0.417 e. The molecule has 4 amide bonds. The second-order valence-corrected chi connectivity index (χ2v) is 13.9. The zero-order valence-corrected chi connectivity index (χ0v) is 31.8. The number of nitro benzene ring substituents is 1. The van der Waals surface area contributed by atoms with Gasteiger partial charge in [0.2, 0.25) is 23.1 Å². The van der Waals surface area contributed by atoms with Crippen LogP contribution in [0.15, 0.2) is 54.6 Å². The van der Waals surface area contributed by atoms with Crippen LogP contribution in [0.1, 0.15) is 64.9 Å². The number of hydrogen-bond acceptors (Lipinski definition) is 13. The number of alkyl carbamates (subject to hydrolysis) is 1. The minimum Gasteiger partial charge on any atom is -0.445 e. The van der Waals surface area contributed by atoms with Crippen molar-refractivity contribution in [1.29, 1.82) is 0 Å². The third-order valence-corrected chi connectivity index (χ3v) is 9.72. The van der Waals surface area contributed by atoms with Crippen LogP contribution in [0.2, 0.25) is 0 Å². The predicted molar refractivity (Wildman–Crippen MR) is 198 cm³/mol. The number of nitrogens with one attached hydrogen (secondary N) is 2. The molecule has 1 aliphatic carbocycles. The summed E-state index contributed by atoms with van der Waals surface area (Å²) in [7, 11) is 1.19. The number of carbonyl (C=O) groups is 7. The third-order valence-electron chi connectivity index (χ3n) is 9.72. The Morgan fingerprint density at radius 1 is 1.04 bits per heavy atom. The normalized spacial score (nSPS) is 20.3. The van der Waals surface area contributed by atoms with E-state index in [1.807, 2.05) is 30.3 Å². The number of ketones is 3. The Hall–Kier alpha value is -5.75. The van der Waals surface area contributed by atoms with Crippen LogP contribution in [-0.4, -0.2) is 112 Å². The number of carbonyl (C=O) groups excluding carboxylic acids is 7. The number of non-ortho nitro benzene ring substituents is 1. The van der Waals surface area contributed by atoms with Crippen molar-refractivity contribution in [3.8, 4) is 5.75 Å². The van der Waals surface area contributed by atoms with Crippen LogP contribution in [0.4, 0.5) is 15.3 Å². The third kappa shape index (κ3) is 9.72. The number of methoxy groups -OCH3 is 1. The van der Waals surface area contributed by atoms with Gasteiger partial charge in [-0.2, -0.15) is 0 Å². The highest BCUT2D eigenvalue weighted by atomic mass is 16.6. The minimum atomic E-state index is -2.72. The maximum atomic E-state index is 14.7. The van der Waals surface area contributed by atoms with E-state index in [0.29, 0.717) is 25.8 Å². The summed E-state index contributed by atoms with van der Waals surface area (Å²) in [4.78, 5) is 108. The van der Waals surface area contributed by atoms with Crippen molar-refractivity contribution in [2.45, 2.75) is 102 Å². The van der Waals surface area contributed by atoms with Gasteiger partial charge in [-0.25, -0.2) is 9.59 Å². The molecule has 2 aromatic rings. The van der Waals surface area contributed by atoms with Crippen LogP contribution in [0, 0.1) is 10.1 Å². The van der Waals surface area contributed by atoms with E-state index in [-0.39, 0.29) is 37.4 Å². The summed E-state index contributed by atoms with van der Waals surface area (Å²) in [5.74, 6) is -4.36. The maximum Gasteiger partial charge on any atom is 0.417 e. The van der Waals surface area contributed by atoms with Gasteiger partial charge in [0.15, 0.2) is 11.6 Å². The molecule has 0 spiro atoms. The number of nitrogens with two attached hydrogens (primary N) is 1. The van der Waals surface area contributed by atoms with E-state index in [9.17, 15) is 43.7 Å². The van der Waals surface area contributed by atoms with Gasteiger partial charge in [0.05, 0.1) is 17.0 Å². The number of hydrogen-bond donors (Lipinski definition) is 3. The number of Topliss-reactive ketones (excluding diaryl/α,β-unsaturated/α-hetero) is 3. The van der Waals surface area contributed by atoms with Gasteiger partial charge >= 0.3 is 12.2 Å². The van der Waals surface area contributed by atoms with Crippen molar-refractivity contribution in [3.63, 3.8) is 0 Å². The summed E-state index contributed by atoms with van der Waals surface area (Å²) in [6.45, 7) is 4.85. The molecule has 5 atom stereocenters. The fraction of sp³-hybridized carbons (Fsp3) is 0.500. The van der Waals surface area contributed by atoms with E-state index in [2.05, 4.69) is 10.6 Å². The molecule has 18 heteroatoms. The molecule has 4 N–H and O–H groups in total. The first-order valence-corrected chi connectivity index (χ1v) is 18.3. The Morgan fingerprint density at radius 2 is 1.71 bits per heavy atom. The van der Waals surface area contributed by atoms with Crippen molar-refractivity contribution in [2.24, 2.45) is 5.73 Å². The fourth-order valence-electron chi connectivity index (χ4n) is 6.88. The molecule has 0 aromatic heterocycles. The van der Waals surface area contributed by atoms with Gasteiger partial charge in [-0.1, -0.05) is 30.3 Å². The number of benzene rings is 2. The van der Waals surface area contributed by atoms with Gasteiger partial charge in [0.25, 0.3) is 5.69 Å². The molecular weight excluding hydrogens is 732 g/mol. The van der Waals surface area contributed by atoms with Crippen LogP contribution in [0.5, 0.6) is 5.75 Å². The zero-order valence-electron chi connectivity index (χ0n) is 31.8. The van der Waals surface area contributed by atoms with Crippen LogP contribution < -0.4 is 21.1 Å². The maximum absolute atomic E-state index is 14.7. The highest BCUT2D eigenvalue weighted by Gasteiger charge is 2.67. The Labute approximate surface area is 323 Å². The molecule has 1 saturated carbocycles. The first-order valence-electron chi connectivity index (χ1n) is 18.3. The molecule has 2 aromatic carbocycles. The Kier molecular flexibility index (Phi) is 14.7. The zero-order chi connectivity index (χ0) is 41.2. The molecule has 1 saturated heterocycles. The van der Waals surface area contributed by atoms with Crippen molar-refractivity contribution < 1.29 is 52.7 Å². The summed E-state index contributed by atoms with van der Waals surface area (Å²) < 4.78 is 15.9. The lowest BCUT2D eigenvalue weighted by Crippen LogP contribution is -2.70. The number of rotatable bonds is 17. The molecule has 18 nitrogen and oxygen atoms in total. The fourth-order valence-corrected chi connectivity index (χ4v) is 6.88. The molecule has 4 rings (SSSR count). The summed E-state index contributed by atoms with van der Waals surface area (Å²) in [6.07, 6.45) is -2.11. The topological polar surface area (TPSA) is 247 Å². The van der Waals surface area contributed by atoms with Crippen LogP contribution >= 0.6 is 0 Å². The first-order chi connectivity index (χ1) is 26.6. The van der Waals surface area contributed by atoms with Gasteiger partial charge in [0.1, 0.15) is 24.5 Å². The molecule has 56 heavy (non-hydrogen) atoms. The van der Waals surface area contributed by atoms with E-state index in [1.165, 1.54) is 32.8 Å². The van der Waals surface area contributed by atoms with Crippen molar-refractivity contribution in [1.82, 2.24) is 20.4 Å². The number of unbranched alkanes of at least 4 members (excludes halogenated alkanes) is 1. The summed E-state index contributed by atoms with van der Waals surface area (Å²) >= 11 is 0. The van der Waals surface area contributed by atoms with E-state index >= 15 is 0 Å². The van der Waals surface area contributed by atoms with E-state index in [0.717, 1.165) is 34.7 Å². The molecule has 2 fully saturated rings. The van der Waals surface area contributed by atoms with E-state index in [4.69, 9.17) is 19.9 Å². The summed E-state index contributed by atoms with van der Waals surface area (Å²) in [5, 5.41) is 16.3. The molecule has 2 aliphatic rings. The quantitative estimate of drug-likeness (QED) is 0.0905. The van der Waals surface area contributed by atoms with Gasteiger partial charge in [-0.15, -0.1) is 0 Å². The highest BCUT2D eigenvalue weighted by Crippen LogP contribution is 2.38. The van der Waals surface area contributed by atoms with Crippen LogP contribution in [-0.2, 0) is 40.1 Å². The number of ether oxygens (including phenoxy) is 3. The average molecular weight is 781 g/mol. The summed E-state index contributed by atoms with van der Waals surface area (Å²) in [6, 6.07) is 9.25. The predicted octanol–water partition coefficient (Wildman–Crippen LogP) is 2.59. The van der Waals surface area contributed by atoms with Crippen molar-refractivity contribution in [2.75, 3.05) is 20.2 Å². The second kappa shape index (κ2) is 19.2. The lowest BCUT2D eigenvalue weighted by atomic mass is 9.82. The molecule has 1 heterocycles. The first kappa shape index (κ1) is 43.0. The lowest BCUT2D eigenvalue weighted by Gasteiger charge is -2.41. The standard InChI is InChI=1S/C38H48N6O12/c1-23(2)43(37(51)56-27-17-15-26(16-18-27)44(52)53)38(31(45)21-30(54-4)33(38)47)32(46)29-14-10-20-42(29)35(49)24(3)41-34(48)28(39)13-8-9-19-40-36(50)55-22-25-11-6-5-7-12-25/h5-7,11-12,15-18,23-24,28-30H,8-10,13-14,19-22,39H2,1-4H3,(H,40,50)(H,41,48)/t24-,28-,29+,30?,38?/m0/s1. The molecule has 1 aliphatic heterocycles. The Morgan fingerprint density at radius 3 is 2.32 bits per heavy atom. The lowest BCUT2D eigenvalue weighted by molar-refractivity contribution is -0.384. The summed E-state index contributed by atoms with van der Waals surface area (Å²) in [5.41, 5.74) is 3.96. The van der Waals surface area contributed by atoms with Crippen LogP contribution in [0.25, 0.3) is 0 Å². The second-order valence-electron chi connectivity index (χ2n) is 13.9. The molecule has 2 unspecified atom stereocenters. The number of nitro groups is 1. The van der Waals surface area contributed by atoms with Gasteiger partial charge in [0, 0.05) is 44.8 Å². The van der Waals surface area contributed by atoms with Crippen molar-refractivity contribution >= 4 is 47.0 Å². The number of nitrogens with zero attached hydrogens (tertiary/aromatic N) is 3. The average Bonchev–Trinajstić information content (AvgIpc) is 3.76. The Bertz CT molecular complexity index is 1790. The van der Waals surface area contributed by atoms with Gasteiger partial charge < -0.3 is 35.5 Å². The highest BCUT2D eigenvalue weighted by molar-refractivity contribution is 6.36.